The molecule has 1 N–H and O–H groups in total. The second-order valence-electron chi connectivity index (χ2n) is 5.40. The van der Waals surface area contributed by atoms with E-state index in [4.69, 9.17) is 5.26 Å². The second kappa shape index (κ2) is 6.88. The SMILES string of the molecule is CC(C)CCN(C)CCC(C#N)NC1CC1. The topological polar surface area (TPSA) is 39.1 Å². The van der Waals surface area contributed by atoms with Crippen LogP contribution in [0.1, 0.15) is 39.5 Å². The molecule has 1 atom stereocenters. The minimum atomic E-state index is 0.0500. The zero-order chi connectivity index (χ0) is 12.0. The van der Waals surface area contributed by atoms with E-state index in [9.17, 15) is 0 Å². The number of hydrogen-bond acceptors (Lipinski definition) is 3. The second-order valence-corrected chi connectivity index (χ2v) is 5.40. The number of hydrogen-bond donors (Lipinski definition) is 1. The quantitative estimate of drug-likeness (QED) is 0.684. The fourth-order valence-electron chi connectivity index (χ4n) is 1.66. The lowest BCUT2D eigenvalue weighted by atomic mass is 10.1. The predicted molar refractivity (Wildman–Crippen MR) is 67.1 cm³/mol. The Morgan fingerprint density at radius 2 is 1.94 bits per heavy atom. The molecular weight excluding hydrogens is 198 g/mol. The van der Waals surface area contributed by atoms with Crippen molar-refractivity contribution in [2.75, 3.05) is 20.1 Å². The highest BCUT2D eigenvalue weighted by Gasteiger charge is 2.24. The molecule has 3 nitrogen and oxygen atoms in total. The summed E-state index contributed by atoms with van der Waals surface area (Å²) < 4.78 is 0. The van der Waals surface area contributed by atoms with Crippen LogP contribution in [0.4, 0.5) is 0 Å². The highest BCUT2D eigenvalue weighted by Crippen LogP contribution is 2.19. The van der Waals surface area contributed by atoms with Crippen molar-refractivity contribution in [1.29, 1.82) is 5.26 Å². The molecule has 1 saturated carbocycles. The molecule has 1 fully saturated rings. The largest absolute Gasteiger partial charge is 0.306 e. The lowest BCUT2D eigenvalue weighted by Gasteiger charge is -2.19. The van der Waals surface area contributed by atoms with Crippen LogP contribution in [-0.2, 0) is 0 Å². The van der Waals surface area contributed by atoms with Gasteiger partial charge in [-0.2, -0.15) is 5.26 Å². The summed E-state index contributed by atoms with van der Waals surface area (Å²) in [5.41, 5.74) is 0. The maximum atomic E-state index is 9.00. The van der Waals surface area contributed by atoms with E-state index >= 15 is 0 Å². The molecule has 0 spiro atoms. The molecule has 0 aromatic heterocycles. The summed E-state index contributed by atoms with van der Waals surface area (Å²) in [4.78, 5) is 2.33. The first-order valence-electron chi connectivity index (χ1n) is 6.46. The summed E-state index contributed by atoms with van der Waals surface area (Å²) in [6.07, 6.45) is 4.69. The van der Waals surface area contributed by atoms with Crippen molar-refractivity contribution in [3.63, 3.8) is 0 Å². The third-order valence-corrected chi connectivity index (χ3v) is 3.06. The zero-order valence-electron chi connectivity index (χ0n) is 10.9. The maximum absolute atomic E-state index is 9.00. The molecule has 1 unspecified atom stereocenters. The van der Waals surface area contributed by atoms with Gasteiger partial charge in [0, 0.05) is 12.6 Å². The van der Waals surface area contributed by atoms with E-state index in [2.05, 4.69) is 37.2 Å². The van der Waals surface area contributed by atoms with Crippen molar-refractivity contribution in [2.45, 2.75) is 51.6 Å². The Labute approximate surface area is 99.8 Å². The minimum absolute atomic E-state index is 0.0500. The molecule has 1 aliphatic rings. The number of nitrogens with zero attached hydrogens (tertiary/aromatic N) is 2. The van der Waals surface area contributed by atoms with Crippen molar-refractivity contribution in [3.05, 3.63) is 0 Å². The fourth-order valence-corrected chi connectivity index (χ4v) is 1.66. The fraction of sp³-hybridized carbons (Fsp3) is 0.923. The number of rotatable bonds is 8. The molecule has 92 valence electrons. The lowest BCUT2D eigenvalue weighted by molar-refractivity contribution is 0.297. The normalized spacial score (nSPS) is 17.8. The van der Waals surface area contributed by atoms with Gasteiger partial charge in [0.2, 0.25) is 0 Å². The van der Waals surface area contributed by atoms with Crippen LogP contribution in [0.25, 0.3) is 0 Å². The van der Waals surface area contributed by atoms with E-state index in [-0.39, 0.29) is 6.04 Å². The highest BCUT2D eigenvalue weighted by atomic mass is 15.1. The number of nitrogens with one attached hydrogen (secondary N) is 1. The summed E-state index contributed by atoms with van der Waals surface area (Å²) in [5, 5.41) is 12.4. The molecule has 1 rings (SSSR count). The Bertz CT molecular complexity index is 228. The first kappa shape index (κ1) is 13.5. The first-order chi connectivity index (χ1) is 7.61. The van der Waals surface area contributed by atoms with Crippen LogP contribution in [-0.4, -0.2) is 37.1 Å². The highest BCUT2D eigenvalue weighted by molar-refractivity contribution is 4.95. The predicted octanol–water partition coefficient (Wildman–Crippen LogP) is 2.00. The average Bonchev–Trinajstić information content (AvgIpc) is 3.04. The minimum Gasteiger partial charge on any atom is -0.306 e. The van der Waals surface area contributed by atoms with Crippen LogP contribution in [0.5, 0.6) is 0 Å². The zero-order valence-corrected chi connectivity index (χ0v) is 10.9. The van der Waals surface area contributed by atoms with Crippen LogP contribution in [0.3, 0.4) is 0 Å². The summed E-state index contributed by atoms with van der Waals surface area (Å²) >= 11 is 0. The van der Waals surface area contributed by atoms with Crippen molar-refractivity contribution < 1.29 is 0 Å². The molecule has 0 amide bonds. The van der Waals surface area contributed by atoms with Gasteiger partial charge >= 0.3 is 0 Å². The van der Waals surface area contributed by atoms with Crippen LogP contribution in [0.2, 0.25) is 0 Å². The van der Waals surface area contributed by atoms with Crippen LogP contribution >= 0.6 is 0 Å². The number of nitriles is 1. The molecular formula is C13H25N3. The molecule has 0 bridgehead atoms. The summed E-state index contributed by atoms with van der Waals surface area (Å²) in [6, 6.07) is 3.04. The Morgan fingerprint density at radius 3 is 2.44 bits per heavy atom. The summed E-state index contributed by atoms with van der Waals surface area (Å²) in [6.45, 7) is 6.66. The Hall–Kier alpha value is -0.590. The summed E-state index contributed by atoms with van der Waals surface area (Å²) in [5.74, 6) is 0.763. The molecule has 0 saturated heterocycles. The van der Waals surface area contributed by atoms with E-state index in [1.807, 2.05) is 0 Å². The van der Waals surface area contributed by atoms with E-state index in [1.165, 1.54) is 19.3 Å². The van der Waals surface area contributed by atoms with Crippen molar-refractivity contribution >= 4 is 0 Å². The molecule has 1 aliphatic carbocycles. The Morgan fingerprint density at radius 1 is 1.31 bits per heavy atom. The van der Waals surface area contributed by atoms with Gasteiger partial charge in [-0.05, 0) is 45.2 Å². The smallest absolute Gasteiger partial charge is 0.0967 e. The molecule has 0 heterocycles. The van der Waals surface area contributed by atoms with E-state index in [1.54, 1.807) is 0 Å². The van der Waals surface area contributed by atoms with Crippen molar-refractivity contribution in [1.82, 2.24) is 10.2 Å². The molecule has 16 heavy (non-hydrogen) atoms. The monoisotopic (exact) mass is 223 g/mol. The molecule has 0 aromatic rings. The van der Waals surface area contributed by atoms with E-state index in [0.717, 1.165) is 25.4 Å². The van der Waals surface area contributed by atoms with E-state index in [0.29, 0.717) is 6.04 Å². The third-order valence-electron chi connectivity index (χ3n) is 3.06. The van der Waals surface area contributed by atoms with Crippen LogP contribution in [0.15, 0.2) is 0 Å². The third kappa shape index (κ3) is 6.09. The molecule has 3 heteroatoms. The van der Waals surface area contributed by atoms with Crippen molar-refractivity contribution in [3.8, 4) is 6.07 Å². The van der Waals surface area contributed by atoms with E-state index < -0.39 is 0 Å². The van der Waals surface area contributed by atoms with Gasteiger partial charge in [-0.1, -0.05) is 13.8 Å². The Balaban J connectivity index is 2.08. The van der Waals surface area contributed by atoms with Gasteiger partial charge in [0.05, 0.1) is 12.1 Å². The lowest BCUT2D eigenvalue weighted by Crippen LogP contribution is -2.33. The average molecular weight is 223 g/mol. The van der Waals surface area contributed by atoms with Crippen LogP contribution < -0.4 is 5.32 Å². The van der Waals surface area contributed by atoms with Crippen LogP contribution in [0, 0.1) is 17.2 Å². The molecule has 0 aliphatic heterocycles. The van der Waals surface area contributed by atoms with Gasteiger partial charge in [0.1, 0.15) is 0 Å². The van der Waals surface area contributed by atoms with Gasteiger partial charge in [-0.25, -0.2) is 0 Å². The van der Waals surface area contributed by atoms with Gasteiger partial charge in [-0.15, -0.1) is 0 Å². The first-order valence-corrected chi connectivity index (χ1v) is 6.46. The van der Waals surface area contributed by atoms with Gasteiger partial charge in [0.15, 0.2) is 0 Å². The van der Waals surface area contributed by atoms with Gasteiger partial charge in [-0.3, -0.25) is 5.32 Å². The maximum Gasteiger partial charge on any atom is 0.0967 e. The Kier molecular flexibility index (Phi) is 5.79. The molecule has 0 radical (unpaired) electrons. The van der Waals surface area contributed by atoms with Crippen molar-refractivity contribution in [2.24, 2.45) is 5.92 Å². The standard InChI is InChI=1S/C13H25N3/c1-11(2)6-8-16(3)9-7-13(10-14)15-12-4-5-12/h11-13,15H,4-9H2,1-3H3. The summed E-state index contributed by atoms with van der Waals surface area (Å²) in [7, 11) is 2.15. The molecule has 0 aromatic carbocycles. The van der Waals surface area contributed by atoms with Gasteiger partial charge < -0.3 is 4.90 Å². The van der Waals surface area contributed by atoms with Gasteiger partial charge in [0.25, 0.3) is 0 Å².